The van der Waals surface area contributed by atoms with Crippen LogP contribution in [-0.4, -0.2) is 38.0 Å². The van der Waals surface area contributed by atoms with Gasteiger partial charge in [0.1, 0.15) is 5.75 Å². The molecular formula is C41H39NO5. The average Bonchev–Trinajstić information content (AvgIpc) is 3.10. The van der Waals surface area contributed by atoms with Crippen molar-refractivity contribution in [2.75, 3.05) is 19.8 Å². The normalized spacial score (nSPS) is 10.5. The van der Waals surface area contributed by atoms with Crippen molar-refractivity contribution in [2.24, 2.45) is 4.99 Å². The van der Waals surface area contributed by atoms with Crippen LogP contribution in [0.25, 0.3) is 21.5 Å². The molecule has 6 heteroatoms. The van der Waals surface area contributed by atoms with Crippen molar-refractivity contribution in [1.29, 1.82) is 0 Å². The molecule has 0 spiro atoms. The van der Waals surface area contributed by atoms with E-state index < -0.39 is 0 Å². The third kappa shape index (κ3) is 12.0. The minimum atomic E-state index is -0.383. The molecule has 47 heavy (non-hydrogen) atoms. The Labute approximate surface area is 277 Å². The van der Waals surface area contributed by atoms with Crippen LogP contribution in [0.5, 0.6) is 5.75 Å². The third-order valence-corrected chi connectivity index (χ3v) is 7.21. The number of esters is 2. The molecule has 0 heterocycles. The number of carbonyl (C=O) groups is 2. The van der Waals surface area contributed by atoms with Gasteiger partial charge in [-0.3, -0.25) is 4.99 Å². The van der Waals surface area contributed by atoms with Gasteiger partial charge in [-0.05, 0) is 127 Å². The van der Waals surface area contributed by atoms with Crippen molar-refractivity contribution in [3.05, 3.63) is 109 Å². The molecule has 4 rings (SSSR count). The number of hydrogen-bond acceptors (Lipinski definition) is 6. The highest BCUT2D eigenvalue weighted by molar-refractivity contribution is 5.87. The van der Waals surface area contributed by atoms with Crippen LogP contribution in [-0.2, 0) is 19.1 Å². The van der Waals surface area contributed by atoms with Crippen LogP contribution in [0.15, 0.2) is 103 Å². The van der Waals surface area contributed by atoms with Crippen LogP contribution in [0.2, 0.25) is 0 Å². The van der Waals surface area contributed by atoms with Gasteiger partial charge < -0.3 is 14.2 Å². The third-order valence-electron chi connectivity index (χ3n) is 7.21. The molecule has 238 valence electrons. The zero-order valence-electron chi connectivity index (χ0n) is 26.6. The molecular weight excluding hydrogens is 586 g/mol. The minimum Gasteiger partial charge on any atom is -0.494 e. The molecule has 0 unspecified atom stereocenters. The second-order valence-electron chi connectivity index (χ2n) is 10.8. The smallest absolute Gasteiger partial charge is 0.330 e. The highest BCUT2D eigenvalue weighted by Gasteiger charge is 2.01. The Hall–Kier alpha value is -5.59. The molecule has 6 nitrogen and oxygen atoms in total. The molecule has 0 saturated carbocycles. The number of carbonyl (C=O) groups excluding carboxylic acids is 2. The van der Waals surface area contributed by atoms with E-state index in [9.17, 15) is 9.59 Å². The first-order valence-corrected chi connectivity index (χ1v) is 15.9. The zero-order chi connectivity index (χ0) is 33.1. The first kappa shape index (κ1) is 34.3. The lowest BCUT2D eigenvalue weighted by atomic mass is 10.1. The lowest BCUT2D eigenvalue weighted by Crippen LogP contribution is -2.03. The largest absolute Gasteiger partial charge is 0.494 e. The summed E-state index contributed by atoms with van der Waals surface area (Å²) in [6.07, 6.45) is 10.6. The molecule has 0 radical (unpaired) electrons. The minimum absolute atomic E-state index is 0.372. The van der Waals surface area contributed by atoms with Crippen LogP contribution in [0.4, 0.5) is 5.69 Å². The average molecular weight is 626 g/mol. The first-order valence-electron chi connectivity index (χ1n) is 15.9. The summed E-state index contributed by atoms with van der Waals surface area (Å²) in [6, 6.07) is 24.4. The predicted octanol–water partition coefficient (Wildman–Crippen LogP) is 8.67. The molecule has 0 fully saturated rings. The maximum Gasteiger partial charge on any atom is 0.330 e. The highest BCUT2D eigenvalue weighted by atomic mass is 16.5. The molecule has 0 N–H and O–H groups in total. The van der Waals surface area contributed by atoms with Crippen molar-refractivity contribution in [3.63, 3.8) is 0 Å². The molecule has 0 saturated heterocycles. The maximum atomic E-state index is 11.1. The fourth-order valence-electron chi connectivity index (χ4n) is 4.71. The van der Waals surface area contributed by atoms with Crippen LogP contribution < -0.4 is 4.74 Å². The van der Waals surface area contributed by atoms with Crippen molar-refractivity contribution in [2.45, 2.75) is 44.9 Å². The summed E-state index contributed by atoms with van der Waals surface area (Å²) in [5.74, 6) is 12.3. The van der Waals surface area contributed by atoms with E-state index in [4.69, 9.17) is 14.2 Å². The predicted molar refractivity (Wildman–Crippen MR) is 190 cm³/mol. The van der Waals surface area contributed by atoms with Gasteiger partial charge in [0.05, 0.1) is 25.5 Å². The summed E-state index contributed by atoms with van der Waals surface area (Å²) in [6.45, 7) is 8.21. The number of nitrogens with zero attached hydrogens (tertiary/aromatic N) is 1. The Balaban J connectivity index is 1.23. The SMILES string of the molecule is C=CC(=O)OCCCCCC=Nc1ccc2cc(C#CC#Cc3ccc4cc(OCCCCCOC(=O)C=C)ccc4c3)ccc2c1. The number of unbranched alkanes of at least 4 members (excludes halogenated alkanes) is 5. The number of ether oxygens (including phenoxy) is 3. The maximum absolute atomic E-state index is 11.1. The van der Waals surface area contributed by atoms with Gasteiger partial charge in [0, 0.05) is 29.5 Å². The van der Waals surface area contributed by atoms with Crippen molar-refractivity contribution in [1.82, 2.24) is 0 Å². The van der Waals surface area contributed by atoms with Gasteiger partial charge in [-0.1, -0.05) is 49.3 Å². The van der Waals surface area contributed by atoms with E-state index in [2.05, 4.69) is 72.2 Å². The van der Waals surface area contributed by atoms with E-state index in [1.807, 2.05) is 48.7 Å². The van der Waals surface area contributed by atoms with Gasteiger partial charge in [0.25, 0.3) is 0 Å². The zero-order valence-corrected chi connectivity index (χ0v) is 26.6. The topological polar surface area (TPSA) is 74.2 Å². The summed E-state index contributed by atoms with van der Waals surface area (Å²) in [7, 11) is 0. The lowest BCUT2D eigenvalue weighted by molar-refractivity contribution is -0.138. The van der Waals surface area contributed by atoms with Crippen LogP contribution in [0.1, 0.15) is 56.1 Å². The Bertz CT molecular complexity index is 1870. The number of hydrogen-bond donors (Lipinski definition) is 0. The Morgan fingerprint density at radius 3 is 1.79 bits per heavy atom. The second-order valence-corrected chi connectivity index (χ2v) is 10.8. The van der Waals surface area contributed by atoms with E-state index in [0.29, 0.717) is 19.8 Å². The molecule has 0 aromatic heterocycles. The van der Waals surface area contributed by atoms with E-state index in [0.717, 1.165) is 89.1 Å². The van der Waals surface area contributed by atoms with Gasteiger partial charge in [-0.2, -0.15) is 0 Å². The summed E-state index contributed by atoms with van der Waals surface area (Å²) < 4.78 is 15.9. The lowest BCUT2D eigenvalue weighted by Gasteiger charge is -2.08. The molecule has 4 aromatic rings. The standard InChI is InChI=1S/C41H39NO5/c1-3-40(43)46-26-11-6-5-10-24-42-38-22-20-34-28-32(16-18-36(34)30-38)14-8-9-15-33-17-19-37-31-39(23-21-35(37)29-33)45-25-12-7-13-27-47-41(44)4-2/h3-4,16-24,28-31H,1-2,5-7,10-13,25-27H2. The molecule has 0 bridgehead atoms. The van der Waals surface area contributed by atoms with Crippen molar-refractivity contribution < 1.29 is 23.8 Å². The van der Waals surface area contributed by atoms with Crippen molar-refractivity contribution in [3.8, 4) is 29.4 Å². The summed E-state index contributed by atoms with van der Waals surface area (Å²) in [5, 5.41) is 4.38. The fraction of sp³-hybridized carbons (Fsp3) is 0.244. The molecule has 0 aliphatic carbocycles. The molecule has 0 aliphatic heterocycles. The Morgan fingerprint density at radius 1 is 0.617 bits per heavy atom. The van der Waals surface area contributed by atoms with E-state index >= 15 is 0 Å². The molecule has 0 atom stereocenters. The van der Waals surface area contributed by atoms with Crippen LogP contribution >= 0.6 is 0 Å². The van der Waals surface area contributed by atoms with Gasteiger partial charge in [-0.15, -0.1) is 0 Å². The van der Waals surface area contributed by atoms with Gasteiger partial charge in [0.2, 0.25) is 0 Å². The van der Waals surface area contributed by atoms with Gasteiger partial charge in [-0.25, -0.2) is 9.59 Å². The van der Waals surface area contributed by atoms with Crippen molar-refractivity contribution >= 4 is 45.4 Å². The quantitative estimate of drug-likeness (QED) is 0.0410. The summed E-state index contributed by atoms with van der Waals surface area (Å²) in [4.78, 5) is 26.7. The number of aliphatic imine (C=N–C) groups is 1. The van der Waals surface area contributed by atoms with Gasteiger partial charge >= 0.3 is 11.9 Å². The first-order chi connectivity index (χ1) is 23.0. The Morgan fingerprint density at radius 2 is 1.15 bits per heavy atom. The molecule has 0 aliphatic rings. The number of rotatable bonds is 16. The van der Waals surface area contributed by atoms with E-state index in [-0.39, 0.29) is 11.9 Å². The molecule has 0 amide bonds. The highest BCUT2D eigenvalue weighted by Crippen LogP contribution is 2.23. The summed E-state index contributed by atoms with van der Waals surface area (Å²) >= 11 is 0. The van der Waals surface area contributed by atoms with Crippen LogP contribution in [0, 0.1) is 23.7 Å². The Kier molecular flexibility index (Phi) is 13.9. The van der Waals surface area contributed by atoms with Gasteiger partial charge in [0.15, 0.2) is 0 Å². The molecule has 4 aromatic carbocycles. The second kappa shape index (κ2) is 19.0. The number of fused-ring (bicyclic) bond motifs is 2. The van der Waals surface area contributed by atoms with Crippen LogP contribution in [0.3, 0.4) is 0 Å². The summed E-state index contributed by atoms with van der Waals surface area (Å²) in [5.41, 5.74) is 2.72. The monoisotopic (exact) mass is 625 g/mol. The van der Waals surface area contributed by atoms with E-state index in [1.54, 1.807) is 0 Å². The fourth-order valence-corrected chi connectivity index (χ4v) is 4.71. The number of benzene rings is 4. The van der Waals surface area contributed by atoms with E-state index in [1.165, 1.54) is 12.2 Å².